The van der Waals surface area contributed by atoms with Crippen molar-refractivity contribution in [3.8, 4) is 17.4 Å². The highest BCUT2D eigenvalue weighted by atomic mass is 79.9. The topological polar surface area (TPSA) is 82.6 Å². The van der Waals surface area contributed by atoms with Gasteiger partial charge in [-0.3, -0.25) is 4.79 Å². The number of halogens is 1. The van der Waals surface area contributed by atoms with Gasteiger partial charge in [-0.05, 0) is 30.3 Å². The van der Waals surface area contributed by atoms with Crippen molar-refractivity contribution in [2.75, 3.05) is 19.8 Å². The zero-order valence-electron chi connectivity index (χ0n) is 14.2. The standard InChI is InChI=1S/C19H16BrN3O4/c20-12-5-6-15-14(7-12)19(23-11-22-15)26-10-18(24)21-8-13-9-25-16-3-1-2-4-17(16)27-13/h1-7,11,13H,8-10H2,(H,21,24). The van der Waals surface area contributed by atoms with Crippen LogP contribution in [0.25, 0.3) is 10.9 Å². The van der Waals surface area contributed by atoms with Crippen molar-refractivity contribution in [1.29, 1.82) is 0 Å². The molecule has 0 bridgehead atoms. The Morgan fingerprint density at radius 3 is 2.96 bits per heavy atom. The molecule has 1 aromatic heterocycles. The number of nitrogens with zero attached hydrogens (tertiary/aromatic N) is 2. The van der Waals surface area contributed by atoms with Gasteiger partial charge in [-0.2, -0.15) is 0 Å². The molecule has 1 atom stereocenters. The minimum Gasteiger partial charge on any atom is -0.486 e. The van der Waals surface area contributed by atoms with E-state index in [9.17, 15) is 4.79 Å². The summed E-state index contributed by atoms with van der Waals surface area (Å²) >= 11 is 3.41. The van der Waals surface area contributed by atoms with Crippen molar-refractivity contribution < 1.29 is 19.0 Å². The lowest BCUT2D eigenvalue weighted by Crippen LogP contribution is -2.42. The number of aromatic nitrogens is 2. The fourth-order valence-electron chi connectivity index (χ4n) is 2.70. The van der Waals surface area contributed by atoms with Crippen LogP contribution >= 0.6 is 15.9 Å². The molecule has 1 amide bonds. The highest BCUT2D eigenvalue weighted by Gasteiger charge is 2.21. The van der Waals surface area contributed by atoms with E-state index < -0.39 is 0 Å². The second-order valence-corrected chi connectivity index (χ2v) is 6.85. The van der Waals surface area contributed by atoms with E-state index in [2.05, 4.69) is 31.2 Å². The molecule has 27 heavy (non-hydrogen) atoms. The summed E-state index contributed by atoms with van der Waals surface area (Å²) in [6.45, 7) is 0.554. The molecule has 138 valence electrons. The van der Waals surface area contributed by atoms with E-state index in [1.807, 2.05) is 42.5 Å². The fraction of sp³-hybridized carbons (Fsp3) is 0.211. The number of benzene rings is 2. The second-order valence-electron chi connectivity index (χ2n) is 5.93. The van der Waals surface area contributed by atoms with E-state index in [1.54, 1.807) is 0 Å². The van der Waals surface area contributed by atoms with Crippen LogP contribution in [0.1, 0.15) is 0 Å². The Hall–Kier alpha value is -2.87. The summed E-state index contributed by atoms with van der Waals surface area (Å²) in [4.78, 5) is 20.4. The molecule has 3 aromatic rings. The smallest absolute Gasteiger partial charge is 0.258 e. The summed E-state index contributed by atoms with van der Waals surface area (Å²) in [6, 6.07) is 13.0. The van der Waals surface area contributed by atoms with Gasteiger partial charge in [0.25, 0.3) is 5.91 Å². The number of carbonyl (C=O) groups excluding carboxylic acids is 1. The average molecular weight is 430 g/mol. The van der Waals surface area contributed by atoms with Crippen LogP contribution < -0.4 is 19.5 Å². The number of fused-ring (bicyclic) bond motifs is 2. The first-order valence-electron chi connectivity index (χ1n) is 8.37. The van der Waals surface area contributed by atoms with Crippen LogP contribution in [0, 0.1) is 0 Å². The predicted molar refractivity (Wildman–Crippen MR) is 102 cm³/mol. The maximum Gasteiger partial charge on any atom is 0.258 e. The number of hydrogen-bond acceptors (Lipinski definition) is 6. The zero-order chi connectivity index (χ0) is 18.6. The number of carbonyl (C=O) groups is 1. The molecule has 0 saturated carbocycles. The SMILES string of the molecule is O=C(COc1ncnc2ccc(Br)cc12)NCC1COc2ccccc2O1. The van der Waals surface area contributed by atoms with E-state index in [0.717, 1.165) is 15.4 Å². The third-order valence-corrected chi connectivity index (χ3v) is 4.49. The molecule has 1 N–H and O–H groups in total. The number of nitrogens with one attached hydrogen (secondary N) is 1. The first-order valence-corrected chi connectivity index (χ1v) is 9.16. The Kier molecular flexibility index (Phi) is 5.06. The summed E-state index contributed by atoms with van der Waals surface area (Å²) in [5.41, 5.74) is 0.745. The van der Waals surface area contributed by atoms with Crippen molar-refractivity contribution in [2.45, 2.75) is 6.10 Å². The minimum absolute atomic E-state index is 0.150. The van der Waals surface area contributed by atoms with Crippen LogP contribution in [-0.2, 0) is 4.79 Å². The van der Waals surface area contributed by atoms with Gasteiger partial charge in [0.2, 0.25) is 5.88 Å². The van der Waals surface area contributed by atoms with Gasteiger partial charge < -0.3 is 19.5 Å². The van der Waals surface area contributed by atoms with Crippen molar-refractivity contribution in [1.82, 2.24) is 15.3 Å². The Bertz CT molecular complexity index is 982. The van der Waals surface area contributed by atoms with E-state index in [0.29, 0.717) is 30.5 Å². The maximum absolute atomic E-state index is 12.1. The van der Waals surface area contributed by atoms with Gasteiger partial charge in [0.05, 0.1) is 17.4 Å². The largest absolute Gasteiger partial charge is 0.486 e. The van der Waals surface area contributed by atoms with Crippen LogP contribution in [0.4, 0.5) is 0 Å². The van der Waals surface area contributed by atoms with Crippen LogP contribution in [0.15, 0.2) is 53.3 Å². The third-order valence-electron chi connectivity index (χ3n) is 4.00. The van der Waals surface area contributed by atoms with Crippen molar-refractivity contribution >= 4 is 32.7 Å². The van der Waals surface area contributed by atoms with E-state index >= 15 is 0 Å². The lowest BCUT2D eigenvalue weighted by atomic mass is 10.2. The summed E-state index contributed by atoms with van der Waals surface area (Å²) in [5.74, 6) is 1.49. The first-order chi connectivity index (χ1) is 13.2. The lowest BCUT2D eigenvalue weighted by Gasteiger charge is -2.26. The summed E-state index contributed by atoms with van der Waals surface area (Å²) in [7, 11) is 0. The Balaban J connectivity index is 1.31. The van der Waals surface area contributed by atoms with Crippen LogP contribution in [0.5, 0.6) is 17.4 Å². The molecule has 1 aliphatic rings. The van der Waals surface area contributed by atoms with Crippen LogP contribution in [0.3, 0.4) is 0 Å². The molecule has 1 aliphatic heterocycles. The van der Waals surface area contributed by atoms with Gasteiger partial charge in [-0.1, -0.05) is 28.1 Å². The monoisotopic (exact) mass is 429 g/mol. The van der Waals surface area contributed by atoms with E-state index in [-0.39, 0.29) is 18.6 Å². The molecule has 7 nitrogen and oxygen atoms in total. The number of para-hydroxylation sites is 2. The van der Waals surface area contributed by atoms with Crippen molar-refractivity contribution in [3.63, 3.8) is 0 Å². The highest BCUT2D eigenvalue weighted by molar-refractivity contribution is 9.10. The van der Waals surface area contributed by atoms with Gasteiger partial charge in [0, 0.05) is 4.47 Å². The second kappa shape index (κ2) is 7.79. The molecular formula is C19H16BrN3O4. The zero-order valence-corrected chi connectivity index (χ0v) is 15.8. The number of hydrogen-bond donors (Lipinski definition) is 1. The minimum atomic E-state index is -0.265. The highest BCUT2D eigenvalue weighted by Crippen LogP contribution is 2.30. The van der Waals surface area contributed by atoms with Gasteiger partial charge in [-0.25, -0.2) is 9.97 Å². The summed E-state index contributed by atoms with van der Waals surface area (Å²) in [5, 5.41) is 3.53. The number of ether oxygens (including phenoxy) is 3. The van der Waals surface area contributed by atoms with E-state index in [1.165, 1.54) is 6.33 Å². The van der Waals surface area contributed by atoms with Gasteiger partial charge >= 0.3 is 0 Å². The normalized spacial score (nSPS) is 15.4. The van der Waals surface area contributed by atoms with Gasteiger partial charge in [-0.15, -0.1) is 0 Å². The molecule has 4 rings (SSSR count). The van der Waals surface area contributed by atoms with Crippen LogP contribution in [-0.4, -0.2) is 41.7 Å². The first kappa shape index (κ1) is 17.5. The number of rotatable bonds is 5. The van der Waals surface area contributed by atoms with Crippen molar-refractivity contribution in [2.24, 2.45) is 0 Å². The Labute approximate surface area is 163 Å². The average Bonchev–Trinajstić information content (AvgIpc) is 2.70. The van der Waals surface area contributed by atoms with Crippen molar-refractivity contribution in [3.05, 3.63) is 53.3 Å². The molecule has 2 aromatic carbocycles. The number of amides is 1. The molecule has 1 unspecified atom stereocenters. The summed E-state index contributed by atoms with van der Waals surface area (Å²) in [6.07, 6.45) is 1.16. The molecule has 2 heterocycles. The lowest BCUT2D eigenvalue weighted by molar-refractivity contribution is -0.123. The fourth-order valence-corrected chi connectivity index (χ4v) is 3.06. The molecule has 0 saturated heterocycles. The molecule has 0 fully saturated rings. The third kappa shape index (κ3) is 4.11. The van der Waals surface area contributed by atoms with Crippen LogP contribution in [0.2, 0.25) is 0 Å². The maximum atomic E-state index is 12.1. The molecular weight excluding hydrogens is 414 g/mol. The predicted octanol–water partition coefficient (Wildman–Crippen LogP) is 2.73. The van der Waals surface area contributed by atoms with Gasteiger partial charge in [0.15, 0.2) is 18.1 Å². The van der Waals surface area contributed by atoms with Gasteiger partial charge in [0.1, 0.15) is 19.0 Å². The summed E-state index contributed by atoms with van der Waals surface area (Å²) < 4.78 is 17.9. The Morgan fingerprint density at radius 2 is 2.07 bits per heavy atom. The quantitative estimate of drug-likeness (QED) is 0.671. The molecule has 0 aliphatic carbocycles. The Morgan fingerprint density at radius 1 is 1.22 bits per heavy atom. The molecule has 0 radical (unpaired) electrons. The molecule has 0 spiro atoms. The molecule has 8 heteroatoms. The van der Waals surface area contributed by atoms with E-state index in [4.69, 9.17) is 14.2 Å².